The second kappa shape index (κ2) is 8.37. The number of halogens is 2. The first-order valence-electron chi connectivity index (χ1n) is 8.87. The molecule has 152 valence electrons. The van der Waals surface area contributed by atoms with E-state index in [-0.39, 0.29) is 23.0 Å². The molecule has 9 heteroatoms. The summed E-state index contributed by atoms with van der Waals surface area (Å²) in [6.07, 6.45) is 0. The van der Waals surface area contributed by atoms with Gasteiger partial charge in [-0.15, -0.1) is 11.3 Å². The molecule has 4 rings (SSSR count). The summed E-state index contributed by atoms with van der Waals surface area (Å²) >= 11 is 2.35. The quantitative estimate of drug-likeness (QED) is 0.357. The fourth-order valence-corrected chi connectivity index (χ4v) is 4.45. The molecular formula is C21H15F2N3O2S2. The lowest BCUT2D eigenvalue weighted by Crippen LogP contribution is -2.22. The van der Waals surface area contributed by atoms with Crippen LogP contribution in [-0.4, -0.2) is 21.2 Å². The molecule has 0 saturated heterocycles. The van der Waals surface area contributed by atoms with Gasteiger partial charge in [0.15, 0.2) is 5.16 Å². The van der Waals surface area contributed by atoms with Crippen molar-refractivity contribution in [2.45, 2.75) is 12.1 Å². The van der Waals surface area contributed by atoms with Crippen molar-refractivity contribution in [3.8, 4) is 5.69 Å². The highest BCUT2D eigenvalue weighted by Crippen LogP contribution is 2.24. The third-order valence-corrected chi connectivity index (χ3v) is 6.12. The van der Waals surface area contributed by atoms with Gasteiger partial charge in [-0.05, 0) is 60.3 Å². The van der Waals surface area contributed by atoms with Gasteiger partial charge in [-0.3, -0.25) is 14.2 Å². The first-order chi connectivity index (χ1) is 14.4. The minimum Gasteiger partial charge on any atom is -0.325 e. The number of carbonyl (C=O) groups is 1. The predicted octanol–water partition coefficient (Wildman–Crippen LogP) is 4.76. The monoisotopic (exact) mass is 443 g/mol. The van der Waals surface area contributed by atoms with Crippen molar-refractivity contribution < 1.29 is 13.6 Å². The number of nitrogens with one attached hydrogen (secondary N) is 1. The lowest BCUT2D eigenvalue weighted by atomic mass is 10.2. The highest BCUT2D eigenvalue weighted by Gasteiger charge is 2.16. The van der Waals surface area contributed by atoms with Crippen LogP contribution in [0, 0.1) is 18.6 Å². The topological polar surface area (TPSA) is 64.0 Å². The number of fused-ring (bicyclic) bond motifs is 1. The van der Waals surface area contributed by atoms with E-state index in [9.17, 15) is 18.4 Å². The van der Waals surface area contributed by atoms with Crippen molar-refractivity contribution in [3.63, 3.8) is 0 Å². The van der Waals surface area contributed by atoms with Gasteiger partial charge in [0.05, 0.1) is 17.0 Å². The largest absolute Gasteiger partial charge is 0.325 e. The van der Waals surface area contributed by atoms with E-state index in [2.05, 4.69) is 10.3 Å². The highest BCUT2D eigenvalue weighted by molar-refractivity contribution is 7.99. The van der Waals surface area contributed by atoms with Crippen LogP contribution >= 0.6 is 23.1 Å². The molecule has 30 heavy (non-hydrogen) atoms. The number of aryl methyl sites for hydroxylation is 1. The van der Waals surface area contributed by atoms with E-state index >= 15 is 0 Å². The second-order valence-electron chi connectivity index (χ2n) is 6.45. The Morgan fingerprint density at radius 2 is 2.03 bits per heavy atom. The third-order valence-electron chi connectivity index (χ3n) is 4.29. The fraction of sp³-hybridized carbons (Fsp3) is 0.0952. The first kappa shape index (κ1) is 20.2. The Hall–Kier alpha value is -3.04. The zero-order chi connectivity index (χ0) is 21.3. The Morgan fingerprint density at radius 3 is 2.80 bits per heavy atom. The first-order valence-corrected chi connectivity index (χ1v) is 10.7. The second-order valence-corrected chi connectivity index (χ2v) is 8.31. The molecule has 2 aromatic carbocycles. The summed E-state index contributed by atoms with van der Waals surface area (Å²) < 4.78 is 28.9. The number of amides is 1. The van der Waals surface area contributed by atoms with Gasteiger partial charge in [0.2, 0.25) is 5.91 Å². The molecule has 2 heterocycles. The molecule has 2 aromatic heterocycles. The van der Waals surface area contributed by atoms with Gasteiger partial charge >= 0.3 is 0 Å². The van der Waals surface area contributed by atoms with E-state index in [1.807, 2.05) is 0 Å². The Balaban J connectivity index is 1.66. The maximum absolute atomic E-state index is 13.7. The van der Waals surface area contributed by atoms with Gasteiger partial charge in [0.1, 0.15) is 16.3 Å². The number of thiophene rings is 1. The summed E-state index contributed by atoms with van der Waals surface area (Å²) in [6.45, 7) is 1.61. The van der Waals surface area contributed by atoms with Gasteiger partial charge < -0.3 is 5.32 Å². The maximum Gasteiger partial charge on any atom is 0.276 e. The predicted molar refractivity (Wildman–Crippen MR) is 116 cm³/mol. The summed E-state index contributed by atoms with van der Waals surface area (Å²) in [4.78, 5) is 29.9. The Labute approximate surface area is 178 Å². The summed E-state index contributed by atoms with van der Waals surface area (Å²) in [6, 6.07) is 11.7. The molecule has 0 radical (unpaired) electrons. The minimum absolute atomic E-state index is 0.0429. The number of aromatic nitrogens is 2. The molecule has 0 atom stereocenters. The van der Waals surface area contributed by atoms with Crippen LogP contribution in [0.5, 0.6) is 0 Å². The lowest BCUT2D eigenvalue weighted by molar-refractivity contribution is -0.113. The van der Waals surface area contributed by atoms with E-state index in [4.69, 9.17) is 0 Å². The average molecular weight is 444 g/mol. The number of benzene rings is 2. The molecule has 0 unspecified atom stereocenters. The van der Waals surface area contributed by atoms with Crippen LogP contribution in [0.15, 0.2) is 63.9 Å². The SMILES string of the molecule is Cc1cc(-n2c(SCC(=O)Nc3cccc(F)c3)nc3ccsc3c2=O)ccc1F. The molecule has 1 N–H and O–H groups in total. The standard InChI is InChI=1S/C21H15F2N3O2S2/c1-12-9-15(5-6-16(12)23)26-20(28)19-17(7-8-29-19)25-21(26)30-11-18(27)24-14-4-2-3-13(22)10-14/h2-10H,11H2,1H3,(H,24,27). The van der Waals surface area contributed by atoms with Crippen LogP contribution in [0.2, 0.25) is 0 Å². The fourth-order valence-electron chi connectivity index (χ4n) is 2.88. The molecule has 1 amide bonds. The lowest BCUT2D eigenvalue weighted by Gasteiger charge is -2.13. The normalized spacial score (nSPS) is 11.0. The maximum atomic E-state index is 13.7. The molecule has 0 aliphatic rings. The number of hydrogen-bond acceptors (Lipinski definition) is 5. The van der Waals surface area contributed by atoms with Gasteiger partial charge in [-0.25, -0.2) is 13.8 Å². The molecule has 0 aliphatic heterocycles. The summed E-state index contributed by atoms with van der Waals surface area (Å²) in [7, 11) is 0. The van der Waals surface area contributed by atoms with Crippen molar-refractivity contribution >= 4 is 44.9 Å². The molecule has 5 nitrogen and oxygen atoms in total. The van der Waals surface area contributed by atoms with Crippen molar-refractivity contribution in [1.82, 2.24) is 9.55 Å². The zero-order valence-corrected chi connectivity index (χ0v) is 17.3. The number of thioether (sulfide) groups is 1. The zero-order valence-electron chi connectivity index (χ0n) is 15.7. The van der Waals surface area contributed by atoms with Gasteiger partial charge in [0.25, 0.3) is 5.56 Å². The highest BCUT2D eigenvalue weighted by atomic mass is 32.2. The van der Waals surface area contributed by atoms with E-state index in [1.54, 1.807) is 30.5 Å². The molecule has 4 aromatic rings. The Morgan fingerprint density at radius 1 is 1.20 bits per heavy atom. The van der Waals surface area contributed by atoms with Crippen LogP contribution in [0.3, 0.4) is 0 Å². The molecule has 0 saturated carbocycles. The number of carbonyl (C=O) groups excluding carboxylic acids is 1. The van der Waals surface area contributed by atoms with Crippen LogP contribution in [0.1, 0.15) is 5.56 Å². The van der Waals surface area contributed by atoms with Crippen molar-refractivity contribution in [2.75, 3.05) is 11.1 Å². The summed E-state index contributed by atoms with van der Waals surface area (Å²) in [5, 5.41) is 4.69. The van der Waals surface area contributed by atoms with Crippen molar-refractivity contribution in [2.24, 2.45) is 0 Å². The number of anilines is 1. The van der Waals surface area contributed by atoms with Crippen LogP contribution in [-0.2, 0) is 4.79 Å². The van der Waals surface area contributed by atoms with E-state index < -0.39 is 5.82 Å². The number of nitrogens with zero attached hydrogens (tertiary/aromatic N) is 2. The van der Waals surface area contributed by atoms with Gasteiger partial charge in [-0.2, -0.15) is 0 Å². The van der Waals surface area contributed by atoms with Crippen molar-refractivity contribution in [1.29, 1.82) is 0 Å². The van der Waals surface area contributed by atoms with Gasteiger partial charge in [-0.1, -0.05) is 17.8 Å². The van der Waals surface area contributed by atoms with E-state index in [0.717, 1.165) is 11.8 Å². The number of hydrogen-bond donors (Lipinski definition) is 1. The smallest absolute Gasteiger partial charge is 0.276 e. The molecule has 0 spiro atoms. The molecule has 0 fully saturated rings. The average Bonchev–Trinajstić information content (AvgIpc) is 3.18. The van der Waals surface area contributed by atoms with Crippen LogP contribution in [0.4, 0.5) is 14.5 Å². The van der Waals surface area contributed by atoms with E-state index in [0.29, 0.717) is 32.3 Å². The Kier molecular flexibility index (Phi) is 5.65. The van der Waals surface area contributed by atoms with Crippen LogP contribution < -0.4 is 10.9 Å². The van der Waals surface area contributed by atoms with E-state index in [1.165, 1.54) is 46.2 Å². The molecule has 0 aliphatic carbocycles. The number of rotatable bonds is 5. The molecule has 0 bridgehead atoms. The van der Waals surface area contributed by atoms with Crippen LogP contribution in [0.25, 0.3) is 15.9 Å². The van der Waals surface area contributed by atoms with Crippen molar-refractivity contribution in [3.05, 3.63) is 81.5 Å². The summed E-state index contributed by atoms with van der Waals surface area (Å²) in [5.41, 5.74) is 1.45. The Bertz CT molecular complexity index is 1320. The summed E-state index contributed by atoms with van der Waals surface area (Å²) in [5.74, 6) is -1.24. The minimum atomic E-state index is -0.453. The van der Waals surface area contributed by atoms with Gasteiger partial charge in [0, 0.05) is 5.69 Å². The molecular weight excluding hydrogens is 428 g/mol. The third kappa shape index (κ3) is 4.12.